The highest BCUT2D eigenvalue weighted by Gasteiger charge is 2.17. The van der Waals surface area contributed by atoms with Crippen molar-refractivity contribution in [2.24, 2.45) is 0 Å². The largest absolute Gasteiger partial charge is 0.358 e. The van der Waals surface area contributed by atoms with Crippen LogP contribution in [0.3, 0.4) is 0 Å². The van der Waals surface area contributed by atoms with Gasteiger partial charge in [0.1, 0.15) is 11.6 Å². The van der Waals surface area contributed by atoms with Gasteiger partial charge in [0, 0.05) is 16.6 Å². The van der Waals surface area contributed by atoms with E-state index in [1.807, 2.05) is 44.4 Å². The van der Waals surface area contributed by atoms with Gasteiger partial charge in [-0.15, -0.1) is 0 Å². The highest BCUT2D eigenvalue weighted by molar-refractivity contribution is 7.98. The zero-order valence-electron chi connectivity index (χ0n) is 12.4. The number of thioether (sulfide) groups is 1. The Hall–Kier alpha value is -2.52. The third-order valence-electron chi connectivity index (χ3n) is 3.80. The lowest BCUT2D eigenvalue weighted by molar-refractivity contribution is 0.938. The molecular weight excluding hydrogens is 296 g/mol. The first-order valence-corrected chi connectivity index (χ1v) is 7.96. The van der Waals surface area contributed by atoms with Crippen LogP contribution >= 0.6 is 11.8 Å². The molecule has 0 atom stereocenters. The van der Waals surface area contributed by atoms with Gasteiger partial charge in [-0.05, 0) is 25.7 Å². The highest BCUT2D eigenvalue weighted by Crippen LogP contribution is 2.31. The van der Waals surface area contributed by atoms with Gasteiger partial charge in [0.05, 0.1) is 11.2 Å². The van der Waals surface area contributed by atoms with Crippen LogP contribution in [-0.2, 0) is 0 Å². The fraction of sp³-hybridized carbons (Fsp3) is 0.188. The Morgan fingerprint density at radius 2 is 2.05 bits per heavy atom. The average Bonchev–Trinajstić information content (AvgIpc) is 2.81. The first kappa shape index (κ1) is 14.4. The monoisotopic (exact) mass is 310 g/mol. The smallest absolute Gasteiger partial charge is 0.270 e. The maximum atomic E-state index is 12.1. The third kappa shape index (κ3) is 2.11. The molecule has 0 fully saturated rings. The number of para-hydroxylation sites is 1. The number of aromatic nitrogens is 3. The first-order chi connectivity index (χ1) is 10.6. The van der Waals surface area contributed by atoms with Crippen LogP contribution in [0.15, 0.2) is 28.2 Å². The molecule has 22 heavy (non-hydrogen) atoms. The SMILES string of the molecule is CSc1nc(-c2cccc3c(C)c(C)[nH]c23)c(C#N)c(=O)[nH]1. The molecule has 1 aromatic carbocycles. The van der Waals surface area contributed by atoms with Crippen molar-refractivity contribution in [3.05, 3.63) is 45.4 Å². The summed E-state index contributed by atoms with van der Waals surface area (Å²) in [7, 11) is 0. The molecule has 0 amide bonds. The maximum absolute atomic E-state index is 12.1. The standard InChI is InChI=1S/C16H14N4OS/c1-8-9(2)18-13-10(8)5-4-6-11(13)14-12(7-17)15(21)20-16(19-14)22-3/h4-6,18H,1-3H3,(H,19,20,21). The van der Waals surface area contributed by atoms with E-state index in [1.165, 1.54) is 11.8 Å². The van der Waals surface area contributed by atoms with E-state index in [0.29, 0.717) is 10.9 Å². The van der Waals surface area contributed by atoms with Gasteiger partial charge in [-0.2, -0.15) is 5.26 Å². The number of fused-ring (bicyclic) bond motifs is 1. The fourth-order valence-corrected chi connectivity index (χ4v) is 2.91. The topological polar surface area (TPSA) is 85.3 Å². The van der Waals surface area contributed by atoms with Crippen LogP contribution in [0.25, 0.3) is 22.2 Å². The minimum atomic E-state index is -0.408. The van der Waals surface area contributed by atoms with E-state index in [9.17, 15) is 10.1 Å². The number of H-pyrrole nitrogens is 2. The number of nitrogens with zero attached hydrogens (tertiary/aromatic N) is 2. The third-order valence-corrected chi connectivity index (χ3v) is 4.38. The molecule has 2 aromatic heterocycles. The summed E-state index contributed by atoms with van der Waals surface area (Å²) < 4.78 is 0. The van der Waals surface area contributed by atoms with Gasteiger partial charge in [-0.1, -0.05) is 30.0 Å². The van der Waals surface area contributed by atoms with Crippen molar-refractivity contribution in [2.45, 2.75) is 19.0 Å². The lowest BCUT2D eigenvalue weighted by Gasteiger charge is -2.06. The maximum Gasteiger partial charge on any atom is 0.270 e. The molecule has 110 valence electrons. The van der Waals surface area contributed by atoms with Crippen molar-refractivity contribution < 1.29 is 0 Å². The number of rotatable bonds is 2. The molecule has 2 heterocycles. The summed E-state index contributed by atoms with van der Waals surface area (Å²) in [6.45, 7) is 4.05. The Labute approximate surface area is 131 Å². The number of nitriles is 1. The fourth-order valence-electron chi connectivity index (χ4n) is 2.53. The minimum absolute atomic E-state index is 0.0372. The molecule has 0 radical (unpaired) electrons. The van der Waals surface area contributed by atoms with E-state index in [1.54, 1.807) is 0 Å². The molecule has 0 spiro atoms. The van der Waals surface area contributed by atoms with E-state index in [0.717, 1.165) is 27.7 Å². The summed E-state index contributed by atoms with van der Waals surface area (Å²) in [5, 5.41) is 10.9. The number of benzene rings is 1. The number of hydrogen-bond acceptors (Lipinski definition) is 4. The number of aromatic amines is 2. The van der Waals surface area contributed by atoms with Crippen molar-refractivity contribution >= 4 is 22.7 Å². The zero-order chi connectivity index (χ0) is 15.9. The second-order valence-electron chi connectivity index (χ2n) is 5.01. The van der Waals surface area contributed by atoms with Crippen LogP contribution in [0.5, 0.6) is 0 Å². The average molecular weight is 310 g/mol. The second-order valence-corrected chi connectivity index (χ2v) is 5.81. The zero-order valence-corrected chi connectivity index (χ0v) is 13.3. The summed E-state index contributed by atoms with van der Waals surface area (Å²) in [6.07, 6.45) is 1.83. The predicted octanol–water partition coefficient (Wildman–Crippen LogP) is 3.13. The van der Waals surface area contributed by atoms with Gasteiger partial charge in [-0.3, -0.25) is 4.79 Å². The molecule has 0 saturated carbocycles. The van der Waals surface area contributed by atoms with Crippen molar-refractivity contribution in [1.29, 1.82) is 5.26 Å². The van der Waals surface area contributed by atoms with Crippen LogP contribution in [0.1, 0.15) is 16.8 Å². The van der Waals surface area contributed by atoms with Crippen molar-refractivity contribution in [3.63, 3.8) is 0 Å². The number of nitrogens with one attached hydrogen (secondary N) is 2. The van der Waals surface area contributed by atoms with Crippen LogP contribution in [0.2, 0.25) is 0 Å². The molecule has 0 saturated heterocycles. The summed E-state index contributed by atoms with van der Waals surface area (Å²) in [5.74, 6) is 0. The second kappa shape index (κ2) is 5.35. The van der Waals surface area contributed by atoms with Gasteiger partial charge in [0.15, 0.2) is 5.16 Å². The lowest BCUT2D eigenvalue weighted by Crippen LogP contribution is -2.14. The van der Waals surface area contributed by atoms with Gasteiger partial charge >= 0.3 is 0 Å². The predicted molar refractivity (Wildman–Crippen MR) is 88.1 cm³/mol. The summed E-state index contributed by atoms with van der Waals surface area (Å²) in [6, 6.07) is 7.79. The molecule has 3 aromatic rings. The van der Waals surface area contributed by atoms with Crippen LogP contribution in [-0.4, -0.2) is 21.2 Å². The molecule has 2 N–H and O–H groups in total. The number of aryl methyl sites for hydroxylation is 2. The van der Waals surface area contributed by atoms with Gasteiger partial charge in [0.25, 0.3) is 5.56 Å². The van der Waals surface area contributed by atoms with Crippen LogP contribution in [0.4, 0.5) is 0 Å². The molecule has 5 nitrogen and oxygen atoms in total. The van der Waals surface area contributed by atoms with Gasteiger partial charge < -0.3 is 9.97 Å². The van der Waals surface area contributed by atoms with E-state index in [2.05, 4.69) is 15.0 Å². The van der Waals surface area contributed by atoms with Crippen molar-refractivity contribution in [1.82, 2.24) is 15.0 Å². The van der Waals surface area contributed by atoms with E-state index < -0.39 is 5.56 Å². The quantitative estimate of drug-likeness (QED) is 0.562. The Balaban J connectivity index is 2.42. The number of hydrogen-bond donors (Lipinski definition) is 2. The molecule has 0 bridgehead atoms. The summed E-state index contributed by atoms with van der Waals surface area (Å²) in [4.78, 5) is 22.5. The molecule has 0 unspecified atom stereocenters. The van der Waals surface area contributed by atoms with E-state index in [-0.39, 0.29) is 5.56 Å². The van der Waals surface area contributed by atoms with E-state index >= 15 is 0 Å². The summed E-state index contributed by atoms with van der Waals surface area (Å²) >= 11 is 1.34. The molecular formula is C16H14N4OS. The Morgan fingerprint density at radius 1 is 1.27 bits per heavy atom. The Morgan fingerprint density at radius 3 is 2.73 bits per heavy atom. The van der Waals surface area contributed by atoms with Crippen molar-refractivity contribution in [2.75, 3.05) is 6.26 Å². The minimum Gasteiger partial charge on any atom is -0.358 e. The Kier molecular flexibility index (Phi) is 3.51. The van der Waals surface area contributed by atoms with E-state index in [4.69, 9.17) is 0 Å². The van der Waals surface area contributed by atoms with Gasteiger partial charge in [-0.25, -0.2) is 4.98 Å². The molecule has 0 aliphatic heterocycles. The van der Waals surface area contributed by atoms with Crippen molar-refractivity contribution in [3.8, 4) is 17.3 Å². The van der Waals surface area contributed by atoms with Crippen LogP contribution < -0.4 is 5.56 Å². The Bertz CT molecular complexity index is 978. The lowest BCUT2D eigenvalue weighted by atomic mass is 10.0. The molecule has 0 aliphatic carbocycles. The normalized spacial score (nSPS) is 10.8. The molecule has 6 heteroatoms. The van der Waals surface area contributed by atoms with Crippen LogP contribution in [0, 0.1) is 25.2 Å². The highest BCUT2D eigenvalue weighted by atomic mass is 32.2. The van der Waals surface area contributed by atoms with Gasteiger partial charge in [0.2, 0.25) is 0 Å². The molecule has 3 rings (SSSR count). The first-order valence-electron chi connectivity index (χ1n) is 6.73. The molecule has 0 aliphatic rings. The summed E-state index contributed by atoms with van der Waals surface area (Å²) in [5.41, 5.74) is 3.94.